The van der Waals surface area contributed by atoms with Gasteiger partial charge in [0.25, 0.3) is 0 Å². The number of nitrogens with zero attached hydrogens (tertiary/aromatic N) is 4. The molecule has 1 aliphatic heterocycles. The van der Waals surface area contributed by atoms with Crippen LogP contribution < -0.4 is 4.90 Å². The molecular weight excluding hydrogens is 885 g/mol. The van der Waals surface area contributed by atoms with Crippen LogP contribution in [-0.4, -0.2) is 20.2 Å². The van der Waals surface area contributed by atoms with E-state index < -0.39 is 0 Å². The van der Waals surface area contributed by atoms with Crippen molar-refractivity contribution in [3.05, 3.63) is 284 Å². The summed E-state index contributed by atoms with van der Waals surface area (Å²) in [7, 11) is 0. The molecule has 0 radical (unpaired) electrons. The second kappa shape index (κ2) is 17.9. The highest BCUT2D eigenvalue weighted by Crippen LogP contribution is 2.51. The Labute approximate surface area is 425 Å². The van der Waals surface area contributed by atoms with Gasteiger partial charge in [0.15, 0.2) is 0 Å². The van der Waals surface area contributed by atoms with E-state index in [-0.39, 0.29) is 12.0 Å². The van der Waals surface area contributed by atoms with Crippen LogP contribution in [-0.2, 0) is 0 Å². The van der Waals surface area contributed by atoms with Gasteiger partial charge in [-0.3, -0.25) is 4.57 Å². The standard InChI is InChI=1S/C57H38N4.C12H12/c1-3-16-37(17-4-1)38-30-32-40(33-31-38)59-51-28-13-11-24-45(51)49-36-54-50(35-53(49)59)46-25-12-14-29-52(46)60(54)41-20-15-21-42(34-41)61-56-48-27-10-8-23-44(48)43-22-7-9-26-47(43)55(56)58-57(61)39-18-5-2-6-19-39;1-3-7-11(8-4-1)12-9-5-2-6-10-12/h1-36,45,51H;1-7,9H,8,10H2/b;12-11-. The van der Waals surface area contributed by atoms with Gasteiger partial charge in [0, 0.05) is 55.8 Å². The van der Waals surface area contributed by atoms with Crippen LogP contribution in [0, 0.1) is 0 Å². The maximum absolute atomic E-state index is 5.50. The Morgan fingerprint density at radius 2 is 0.986 bits per heavy atom. The molecule has 4 heteroatoms. The maximum Gasteiger partial charge on any atom is 0.145 e. The van der Waals surface area contributed by atoms with Crippen molar-refractivity contribution in [1.82, 2.24) is 14.1 Å². The van der Waals surface area contributed by atoms with Gasteiger partial charge in [-0.2, -0.15) is 0 Å². The summed E-state index contributed by atoms with van der Waals surface area (Å²) in [6.07, 6.45) is 28.6. The van der Waals surface area contributed by atoms with E-state index in [1.54, 1.807) is 0 Å². The largest absolute Gasteiger partial charge is 0.333 e. The lowest BCUT2D eigenvalue weighted by Crippen LogP contribution is -2.28. The average molecular weight is 935 g/mol. The molecule has 0 fully saturated rings. The van der Waals surface area contributed by atoms with Crippen LogP contribution in [0.2, 0.25) is 0 Å². The Kier molecular flexibility index (Phi) is 10.4. The third-order valence-electron chi connectivity index (χ3n) is 15.2. The molecule has 9 aromatic carbocycles. The molecule has 15 rings (SSSR count). The van der Waals surface area contributed by atoms with Crippen molar-refractivity contribution < 1.29 is 0 Å². The average Bonchev–Trinajstić information content (AvgIpc) is 4.14. The minimum atomic E-state index is 0.189. The molecule has 3 heterocycles. The van der Waals surface area contributed by atoms with Gasteiger partial charge in [-0.1, -0.05) is 219 Å². The van der Waals surface area contributed by atoms with Crippen LogP contribution in [0.15, 0.2) is 278 Å². The van der Waals surface area contributed by atoms with Gasteiger partial charge in [0.05, 0.1) is 28.1 Å². The van der Waals surface area contributed by atoms with Gasteiger partial charge in [-0.05, 0) is 100.0 Å². The fraction of sp³-hybridized carbons (Fsp3) is 0.0580. The first-order valence-corrected chi connectivity index (χ1v) is 25.5. The maximum atomic E-state index is 5.50. The van der Waals surface area contributed by atoms with Gasteiger partial charge >= 0.3 is 0 Å². The van der Waals surface area contributed by atoms with Gasteiger partial charge in [0.2, 0.25) is 0 Å². The van der Waals surface area contributed by atoms with E-state index in [1.807, 2.05) is 0 Å². The third kappa shape index (κ3) is 7.25. The Morgan fingerprint density at radius 3 is 1.68 bits per heavy atom. The first-order valence-electron chi connectivity index (χ1n) is 25.5. The summed E-state index contributed by atoms with van der Waals surface area (Å²) in [5.74, 6) is 1.15. The highest BCUT2D eigenvalue weighted by molar-refractivity contribution is 6.24. The van der Waals surface area contributed by atoms with Crippen LogP contribution in [0.3, 0.4) is 0 Å². The summed E-state index contributed by atoms with van der Waals surface area (Å²) in [4.78, 5) is 8.05. The lowest BCUT2D eigenvalue weighted by molar-refractivity contribution is 0.745. The molecular formula is C69H50N4. The first kappa shape index (κ1) is 42.6. The van der Waals surface area contributed by atoms with E-state index in [1.165, 1.54) is 77.2 Å². The van der Waals surface area contributed by atoms with E-state index in [4.69, 9.17) is 4.98 Å². The highest BCUT2D eigenvalue weighted by Gasteiger charge is 2.38. The van der Waals surface area contributed by atoms with E-state index in [0.717, 1.165) is 52.0 Å². The predicted octanol–water partition coefficient (Wildman–Crippen LogP) is 17.8. The lowest BCUT2D eigenvalue weighted by Gasteiger charge is -2.28. The third-order valence-corrected chi connectivity index (χ3v) is 15.2. The fourth-order valence-electron chi connectivity index (χ4n) is 11.8. The van der Waals surface area contributed by atoms with Gasteiger partial charge in [-0.25, -0.2) is 4.98 Å². The van der Waals surface area contributed by atoms with Crippen molar-refractivity contribution in [3.63, 3.8) is 0 Å². The number of aromatic nitrogens is 3. The van der Waals surface area contributed by atoms with Crippen molar-refractivity contribution in [2.45, 2.75) is 24.8 Å². The monoisotopic (exact) mass is 934 g/mol. The molecule has 0 saturated heterocycles. The fourth-order valence-corrected chi connectivity index (χ4v) is 11.8. The van der Waals surface area contributed by atoms with Crippen molar-refractivity contribution in [2.24, 2.45) is 0 Å². The molecule has 0 saturated carbocycles. The number of rotatable bonds is 5. The summed E-state index contributed by atoms with van der Waals surface area (Å²) in [6, 6.07) is 70.8. The number of anilines is 2. The SMILES string of the molecule is C1=CC/C(=C2/C=CC=CC2)C=C1.C1=CC2c3cc4c(cc3N(c3ccc(-c5ccccc5)cc3)C2C=C1)c1ccccc1n4-c1cccc(-n2c(-c3ccccc3)nc3c4ccccc4c4ccccc4c32)c1. The zero-order valence-corrected chi connectivity index (χ0v) is 40.3. The number of hydrogen-bond acceptors (Lipinski definition) is 2. The number of fused-ring (bicyclic) bond motifs is 12. The summed E-state index contributed by atoms with van der Waals surface area (Å²) in [6.45, 7) is 0. The minimum Gasteiger partial charge on any atom is -0.333 e. The summed E-state index contributed by atoms with van der Waals surface area (Å²) < 4.78 is 4.86. The number of para-hydroxylation sites is 1. The van der Waals surface area contributed by atoms with Gasteiger partial charge in [0.1, 0.15) is 5.82 Å². The molecule has 346 valence electrons. The molecule has 0 spiro atoms. The van der Waals surface area contributed by atoms with Crippen molar-refractivity contribution >= 4 is 65.8 Å². The normalized spacial score (nSPS) is 17.5. The van der Waals surface area contributed by atoms with E-state index >= 15 is 0 Å². The van der Waals surface area contributed by atoms with Crippen molar-refractivity contribution in [3.8, 4) is 33.9 Å². The molecule has 73 heavy (non-hydrogen) atoms. The number of hydrogen-bond donors (Lipinski definition) is 0. The molecule has 4 nitrogen and oxygen atoms in total. The minimum absolute atomic E-state index is 0.189. The van der Waals surface area contributed by atoms with Crippen LogP contribution in [0.25, 0.3) is 88.3 Å². The van der Waals surface area contributed by atoms with Crippen LogP contribution in [0.5, 0.6) is 0 Å². The lowest BCUT2D eigenvalue weighted by atomic mass is 9.91. The second-order valence-corrected chi connectivity index (χ2v) is 19.3. The molecule has 4 aliphatic rings. The summed E-state index contributed by atoms with van der Waals surface area (Å²) in [5, 5.41) is 7.27. The highest BCUT2D eigenvalue weighted by atomic mass is 15.2. The molecule has 11 aromatic rings. The number of allylic oxidation sites excluding steroid dienone is 12. The Bertz CT molecular complexity index is 4160. The predicted molar refractivity (Wildman–Crippen MR) is 308 cm³/mol. The van der Waals surface area contributed by atoms with Crippen LogP contribution in [0.1, 0.15) is 24.3 Å². The van der Waals surface area contributed by atoms with E-state index in [9.17, 15) is 0 Å². The van der Waals surface area contributed by atoms with Crippen molar-refractivity contribution in [1.29, 1.82) is 0 Å². The topological polar surface area (TPSA) is 26.0 Å². The van der Waals surface area contributed by atoms with Gasteiger partial charge in [-0.15, -0.1) is 0 Å². The molecule has 2 unspecified atom stereocenters. The zero-order valence-electron chi connectivity index (χ0n) is 40.3. The molecule has 2 aromatic heterocycles. The Morgan fingerprint density at radius 1 is 0.397 bits per heavy atom. The molecule has 2 atom stereocenters. The van der Waals surface area contributed by atoms with E-state index in [2.05, 4.69) is 281 Å². The smallest absolute Gasteiger partial charge is 0.145 e. The first-order chi connectivity index (χ1) is 36.2. The molecule has 0 bridgehead atoms. The quantitative estimate of drug-likeness (QED) is 0.161. The number of imidazole rings is 1. The molecule has 0 amide bonds. The van der Waals surface area contributed by atoms with Crippen molar-refractivity contribution in [2.75, 3.05) is 4.90 Å². The Hall–Kier alpha value is -9.25. The van der Waals surface area contributed by atoms with E-state index in [0.29, 0.717) is 0 Å². The van der Waals surface area contributed by atoms with Crippen LogP contribution >= 0.6 is 0 Å². The second-order valence-electron chi connectivity index (χ2n) is 19.3. The summed E-state index contributed by atoms with van der Waals surface area (Å²) in [5.41, 5.74) is 16.9. The summed E-state index contributed by atoms with van der Waals surface area (Å²) >= 11 is 0. The Balaban J connectivity index is 0.000000361. The van der Waals surface area contributed by atoms with Crippen LogP contribution in [0.4, 0.5) is 11.4 Å². The zero-order chi connectivity index (χ0) is 48.2. The number of benzene rings is 9. The van der Waals surface area contributed by atoms with Gasteiger partial charge < -0.3 is 9.47 Å². The molecule has 3 aliphatic carbocycles. The molecule has 0 N–H and O–H groups in total.